The maximum Gasteiger partial charge on any atom is 0.313 e. The second-order valence-corrected chi connectivity index (χ2v) is 4.81. The number of rotatable bonds is 7. The monoisotopic (exact) mass is 333 g/mol. The minimum absolute atomic E-state index is 0.154. The number of nitrogens with zero attached hydrogens (tertiary/aromatic N) is 1. The molecule has 1 heterocycles. The van der Waals surface area contributed by atoms with Crippen LogP contribution in [0.3, 0.4) is 0 Å². The first kappa shape index (κ1) is 17.5. The summed E-state index contributed by atoms with van der Waals surface area (Å²) in [5.74, 6) is 0.420. The zero-order valence-electron chi connectivity index (χ0n) is 14.0. The number of ketones is 1. The Morgan fingerprint density at radius 2 is 1.75 bits per heavy atom. The van der Waals surface area contributed by atoms with Crippen LogP contribution in [0.4, 0.5) is 0 Å². The molecule has 0 fully saturated rings. The Bertz CT molecular complexity index is 771. The molecular formula is C17H19NO6. The predicted octanol–water partition coefficient (Wildman–Crippen LogP) is 2.40. The van der Waals surface area contributed by atoms with Gasteiger partial charge in [0.2, 0.25) is 0 Å². The quantitative estimate of drug-likeness (QED) is 0.437. The molecule has 1 aromatic carbocycles. The van der Waals surface area contributed by atoms with Gasteiger partial charge in [0.15, 0.2) is 17.3 Å². The number of hydrogen-bond acceptors (Lipinski definition) is 7. The van der Waals surface area contributed by atoms with Gasteiger partial charge in [-0.2, -0.15) is 0 Å². The highest BCUT2D eigenvalue weighted by molar-refractivity contribution is 6.06. The SMILES string of the molecule is CCOC(=O)CC(=O)c1ccc2c(OC)c(OC)cc(OC)c2n1. The third-order valence-electron chi connectivity index (χ3n) is 3.40. The van der Waals surface area contributed by atoms with Crippen molar-refractivity contribution in [3.05, 3.63) is 23.9 Å². The molecule has 0 saturated carbocycles. The Balaban J connectivity index is 2.50. The predicted molar refractivity (Wildman–Crippen MR) is 87.0 cm³/mol. The zero-order chi connectivity index (χ0) is 17.7. The zero-order valence-corrected chi connectivity index (χ0v) is 14.0. The average molecular weight is 333 g/mol. The van der Waals surface area contributed by atoms with Gasteiger partial charge in [0.1, 0.15) is 23.4 Å². The topological polar surface area (TPSA) is 84.0 Å². The third-order valence-corrected chi connectivity index (χ3v) is 3.40. The van der Waals surface area contributed by atoms with Crippen LogP contribution in [0.2, 0.25) is 0 Å². The number of ether oxygens (including phenoxy) is 4. The van der Waals surface area contributed by atoms with Gasteiger partial charge in [-0.05, 0) is 19.1 Å². The number of fused-ring (bicyclic) bond motifs is 1. The molecule has 0 unspecified atom stereocenters. The molecule has 0 aliphatic rings. The molecular weight excluding hydrogens is 314 g/mol. The van der Waals surface area contributed by atoms with Gasteiger partial charge >= 0.3 is 5.97 Å². The Kier molecular flexibility index (Phi) is 5.57. The Hall–Kier alpha value is -2.83. The van der Waals surface area contributed by atoms with Gasteiger partial charge in [-0.3, -0.25) is 9.59 Å². The molecule has 2 rings (SSSR count). The number of methoxy groups -OCH3 is 3. The fourth-order valence-electron chi connectivity index (χ4n) is 2.32. The summed E-state index contributed by atoms with van der Waals surface area (Å²) in [6, 6.07) is 4.85. The lowest BCUT2D eigenvalue weighted by molar-refractivity contribution is -0.141. The summed E-state index contributed by atoms with van der Waals surface area (Å²) in [7, 11) is 4.53. The van der Waals surface area contributed by atoms with Crippen molar-refractivity contribution >= 4 is 22.7 Å². The van der Waals surface area contributed by atoms with Crippen LogP contribution in [-0.2, 0) is 9.53 Å². The lowest BCUT2D eigenvalue weighted by Gasteiger charge is -2.14. The summed E-state index contributed by atoms with van der Waals surface area (Å²) in [5, 5.41) is 0.640. The van der Waals surface area contributed by atoms with E-state index in [4.69, 9.17) is 18.9 Å². The minimum atomic E-state index is -0.580. The molecule has 1 aromatic heterocycles. The van der Waals surface area contributed by atoms with Gasteiger partial charge in [-0.25, -0.2) is 4.98 Å². The highest BCUT2D eigenvalue weighted by Gasteiger charge is 2.19. The summed E-state index contributed by atoms with van der Waals surface area (Å²) in [6.45, 7) is 1.91. The van der Waals surface area contributed by atoms with Crippen molar-refractivity contribution in [1.29, 1.82) is 0 Å². The normalized spacial score (nSPS) is 10.3. The summed E-state index contributed by atoms with van der Waals surface area (Å²) in [5.41, 5.74) is 0.603. The van der Waals surface area contributed by atoms with Crippen LogP contribution in [0.5, 0.6) is 17.2 Å². The molecule has 2 aromatic rings. The van der Waals surface area contributed by atoms with Crippen LogP contribution >= 0.6 is 0 Å². The number of aromatic nitrogens is 1. The van der Waals surface area contributed by atoms with E-state index in [2.05, 4.69) is 4.98 Å². The first-order valence-electron chi connectivity index (χ1n) is 7.34. The lowest BCUT2D eigenvalue weighted by Crippen LogP contribution is -2.12. The van der Waals surface area contributed by atoms with Gasteiger partial charge in [-0.15, -0.1) is 0 Å². The number of carbonyl (C=O) groups excluding carboxylic acids is 2. The van der Waals surface area contributed by atoms with E-state index >= 15 is 0 Å². The molecule has 0 amide bonds. The van der Waals surface area contributed by atoms with E-state index in [1.165, 1.54) is 27.4 Å². The molecule has 0 radical (unpaired) electrons. The number of esters is 1. The highest BCUT2D eigenvalue weighted by atomic mass is 16.5. The van der Waals surface area contributed by atoms with E-state index in [1.54, 1.807) is 19.1 Å². The average Bonchev–Trinajstić information content (AvgIpc) is 2.59. The Labute approximate surface area is 139 Å². The van der Waals surface area contributed by atoms with E-state index in [-0.39, 0.29) is 18.7 Å². The van der Waals surface area contributed by atoms with Gasteiger partial charge in [0.25, 0.3) is 0 Å². The molecule has 0 atom stereocenters. The van der Waals surface area contributed by atoms with Crippen LogP contribution in [0.15, 0.2) is 18.2 Å². The molecule has 0 bridgehead atoms. The van der Waals surface area contributed by atoms with Crippen LogP contribution in [0.1, 0.15) is 23.8 Å². The van der Waals surface area contributed by atoms with Crippen molar-refractivity contribution in [1.82, 2.24) is 4.98 Å². The molecule has 128 valence electrons. The largest absolute Gasteiger partial charge is 0.494 e. The summed E-state index contributed by atoms with van der Waals surface area (Å²) in [4.78, 5) is 28.0. The summed E-state index contributed by atoms with van der Waals surface area (Å²) in [6.07, 6.45) is -0.359. The van der Waals surface area contributed by atoms with E-state index in [9.17, 15) is 9.59 Å². The van der Waals surface area contributed by atoms with Crippen molar-refractivity contribution in [3.63, 3.8) is 0 Å². The van der Waals surface area contributed by atoms with Gasteiger partial charge in [0.05, 0.1) is 33.3 Å². The fourth-order valence-corrected chi connectivity index (χ4v) is 2.32. The van der Waals surface area contributed by atoms with Crippen molar-refractivity contribution < 1.29 is 28.5 Å². The smallest absolute Gasteiger partial charge is 0.313 e. The molecule has 7 heteroatoms. The van der Waals surface area contributed by atoms with Gasteiger partial charge in [0, 0.05) is 6.07 Å². The number of pyridine rings is 1. The van der Waals surface area contributed by atoms with Crippen molar-refractivity contribution in [2.75, 3.05) is 27.9 Å². The fraction of sp³-hybridized carbons (Fsp3) is 0.353. The molecule has 7 nitrogen and oxygen atoms in total. The van der Waals surface area contributed by atoms with Crippen molar-refractivity contribution in [2.24, 2.45) is 0 Å². The van der Waals surface area contributed by atoms with Crippen LogP contribution in [0, 0.1) is 0 Å². The van der Waals surface area contributed by atoms with Crippen LogP contribution in [0.25, 0.3) is 10.9 Å². The first-order chi connectivity index (χ1) is 11.5. The molecule has 24 heavy (non-hydrogen) atoms. The maximum absolute atomic E-state index is 12.2. The summed E-state index contributed by atoms with van der Waals surface area (Å²) < 4.78 is 20.8. The second-order valence-electron chi connectivity index (χ2n) is 4.81. The number of carbonyl (C=O) groups is 2. The lowest BCUT2D eigenvalue weighted by atomic mass is 10.1. The van der Waals surface area contributed by atoms with E-state index in [1.807, 2.05) is 0 Å². The molecule has 0 N–H and O–H groups in total. The highest BCUT2D eigenvalue weighted by Crippen LogP contribution is 2.40. The van der Waals surface area contributed by atoms with E-state index in [0.29, 0.717) is 28.2 Å². The number of hydrogen-bond donors (Lipinski definition) is 0. The Morgan fingerprint density at radius 1 is 1.04 bits per heavy atom. The minimum Gasteiger partial charge on any atom is -0.494 e. The molecule has 0 aliphatic heterocycles. The van der Waals surface area contributed by atoms with Gasteiger partial charge < -0.3 is 18.9 Å². The maximum atomic E-state index is 12.2. The van der Waals surface area contributed by atoms with Crippen molar-refractivity contribution in [2.45, 2.75) is 13.3 Å². The van der Waals surface area contributed by atoms with Crippen molar-refractivity contribution in [3.8, 4) is 17.2 Å². The third kappa shape index (κ3) is 3.40. The van der Waals surface area contributed by atoms with E-state index < -0.39 is 11.8 Å². The van der Waals surface area contributed by atoms with Crippen LogP contribution in [-0.4, -0.2) is 44.7 Å². The van der Waals surface area contributed by atoms with Crippen LogP contribution < -0.4 is 14.2 Å². The second kappa shape index (κ2) is 7.63. The van der Waals surface area contributed by atoms with Gasteiger partial charge in [-0.1, -0.05) is 0 Å². The molecule has 0 aliphatic carbocycles. The molecule has 0 spiro atoms. The number of benzene rings is 1. The van der Waals surface area contributed by atoms with E-state index in [0.717, 1.165) is 0 Å². The Morgan fingerprint density at radius 3 is 2.33 bits per heavy atom. The first-order valence-corrected chi connectivity index (χ1v) is 7.34. The molecule has 0 saturated heterocycles. The summed E-state index contributed by atoms with van der Waals surface area (Å²) >= 11 is 0. The standard InChI is InChI=1S/C17H19NO6/c1-5-24-15(20)8-12(19)11-7-6-10-16(18-11)13(21-2)9-14(22-3)17(10)23-4/h6-7,9H,5,8H2,1-4H3. The number of Topliss-reactive ketones (excluding diaryl/α,β-unsaturated/α-hetero) is 1.